The summed E-state index contributed by atoms with van der Waals surface area (Å²) >= 11 is 0. The Bertz CT molecular complexity index is 495. The summed E-state index contributed by atoms with van der Waals surface area (Å²) < 4.78 is 0. The molecule has 0 aliphatic rings. The summed E-state index contributed by atoms with van der Waals surface area (Å²) in [5.74, 6) is -0.604. The molecule has 0 aliphatic carbocycles. The third kappa shape index (κ3) is 6.66. The molecule has 2 amide bonds. The average molecular weight is 323 g/mol. The zero-order valence-electron chi connectivity index (χ0n) is 13.2. The molecule has 6 N–H and O–H groups in total. The van der Waals surface area contributed by atoms with Crippen molar-refractivity contribution in [3.63, 3.8) is 0 Å². The molecule has 0 saturated carbocycles. The number of hydrogen-bond acceptors (Lipinski definition) is 4. The number of carbonyl (C=O) groups excluding carboxylic acids is 1. The first-order valence-electron chi connectivity index (χ1n) is 7.68. The second kappa shape index (κ2) is 9.81. The zero-order valence-corrected chi connectivity index (χ0v) is 13.2. The van der Waals surface area contributed by atoms with Crippen molar-refractivity contribution in [2.45, 2.75) is 44.4 Å². The summed E-state index contributed by atoms with van der Waals surface area (Å²) in [6.45, 7) is 2.28. The van der Waals surface area contributed by atoms with Gasteiger partial charge in [0.1, 0.15) is 0 Å². The fraction of sp³-hybridized carbons (Fsp3) is 0.500. The fourth-order valence-corrected chi connectivity index (χ4v) is 2.28. The van der Waals surface area contributed by atoms with Gasteiger partial charge in [-0.1, -0.05) is 36.8 Å². The molecule has 1 aromatic rings. The van der Waals surface area contributed by atoms with E-state index in [1.165, 1.54) is 0 Å². The lowest BCUT2D eigenvalue weighted by atomic mass is 10.0. The van der Waals surface area contributed by atoms with E-state index in [9.17, 15) is 14.7 Å². The minimum Gasteiger partial charge on any atom is -0.465 e. The highest BCUT2D eigenvalue weighted by atomic mass is 16.4. The van der Waals surface area contributed by atoms with Crippen molar-refractivity contribution < 1.29 is 19.8 Å². The van der Waals surface area contributed by atoms with E-state index in [1.54, 1.807) is 6.92 Å². The molecule has 0 spiro atoms. The van der Waals surface area contributed by atoms with Crippen LogP contribution in [0.15, 0.2) is 30.3 Å². The summed E-state index contributed by atoms with van der Waals surface area (Å²) in [7, 11) is 0. The van der Waals surface area contributed by atoms with Gasteiger partial charge in [-0.2, -0.15) is 0 Å². The number of aliphatic hydroxyl groups excluding tert-OH is 1. The summed E-state index contributed by atoms with van der Waals surface area (Å²) in [6.07, 6.45) is -1.05. The second-order valence-electron chi connectivity index (χ2n) is 5.43. The minimum atomic E-state index is -1.45. The molecule has 0 saturated heterocycles. The SMILES string of the molecule is C[C@@H](NC(=O)C(O)C(CCCCN)NC(=O)O)c1ccccc1. The Morgan fingerprint density at radius 1 is 1.17 bits per heavy atom. The van der Waals surface area contributed by atoms with E-state index in [0.29, 0.717) is 25.8 Å². The molecule has 0 radical (unpaired) electrons. The summed E-state index contributed by atoms with van der Waals surface area (Å²) in [5.41, 5.74) is 6.31. The van der Waals surface area contributed by atoms with Crippen molar-refractivity contribution >= 4 is 12.0 Å². The summed E-state index contributed by atoms with van der Waals surface area (Å²) in [6, 6.07) is 8.18. The Balaban J connectivity index is 2.64. The second-order valence-corrected chi connectivity index (χ2v) is 5.43. The van der Waals surface area contributed by atoms with Crippen molar-refractivity contribution in [1.82, 2.24) is 10.6 Å². The Morgan fingerprint density at radius 3 is 2.39 bits per heavy atom. The van der Waals surface area contributed by atoms with Crippen LogP contribution in [-0.4, -0.2) is 40.9 Å². The van der Waals surface area contributed by atoms with E-state index in [0.717, 1.165) is 5.56 Å². The third-order valence-corrected chi connectivity index (χ3v) is 3.59. The predicted molar refractivity (Wildman–Crippen MR) is 86.9 cm³/mol. The molecule has 7 heteroatoms. The van der Waals surface area contributed by atoms with Gasteiger partial charge in [0.15, 0.2) is 6.10 Å². The van der Waals surface area contributed by atoms with Crippen LogP contribution < -0.4 is 16.4 Å². The first kappa shape index (κ1) is 18.9. The Morgan fingerprint density at radius 2 is 1.83 bits per heavy atom. The van der Waals surface area contributed by atoms with Crippen LogP contribution in [0.25, 0.3) is 0 Å². The number of benzene rings is 1. The number of aliphatic hydroxyl groups is 1. The van der Waals surface area contributed by atoms with E-state index in [4.69, 9.17) is 10.8 Å². The van der Waals surface area contributed by atoms with Gasteiger partial charge in [-0.3, -0.25) is 4.79 Å². The number of carboxylic acid groups (broad SMARTS) is 1. The topological polar surface area (TPSA) is 125 Å². The molecule has 0 aliphatic heterocycles. The van der Waals surface area contributed by atoms with Crippen LogP contribution in [0, 0.1) is 0 Å². The van der Waals surface area contributed by atoms with Gasteiger partial charge in [-0.15, -0.1) is 0 Å². The highest BCUT2D eigenvalue weighted by Gasteiger charge is 2.28. The molecule has 0 heterocycles. The standard InChI is InChI=1S/C16H25N3O4/c1-11(12-7-3-2-4-8-12)18-15(21)14(20)13(19-16(22)23)9-5-6-10-17/h2-4,7-8,11,13-14,19-20H,5-6,9-10,17H2,1H3,(H,18,21)(H,22,23)/t11-,13?,14?/m1/s1. The van der Waals surface area contributed by atoms with E-state index in [-0.39, 0.29) is 6.04 Å². The van der Waals surface area contributed by atoms with Gasteiger partial charge in [-0.05, 0) is 31.9 Å². The fourth-order valence-electron chi connectivity index (χ4n) is 2.28. The van der Waals surface area contributed by atoms with E-state index >= 15 is 0 Å². The number of hydrogen-bond donors (Lipinski definition) is 5. The maximum Gasteiger partial charge on any atom is 0.404 e. The van der Waals surface area contributed by atoms with Gasteiger partial charge in [-0.25, -0.2) is 4.79 Å². The molecule has 128 valence electrons. The van der Waals surface area contributed by atoms with Gasteiger partial charge in [0.2, 0.25) is 0 Å². The molecule has 0 aromatic heterocycles. The van der Waals surface area contributed by atoms with Crippen LogP contribution in [0.1, 0.15) is 37.8 Å². The van der Waals surface area contributed by atoms with Crippen molar-refractivity contribution in [2.75, 3.05) is 6.54 Å². The van der Waals surface area contributed by atoms with Crippen molar-refractivity contribution in [3.8, 4) is 0 Å². The van der Waals surface area contributed by atoms with Crippen LogP contribution in [0.4, 0.5) is 4.79 Å². The van der Waals surface area contributed by atoms with E-state index in [1.807, 2.05) is 30.3 Å². The largest absolute Gasteiger partial charge is 0.465 e. The minimum absolute atomic E-state index is 0.284. The quantitative estimate of drug-likeness (QED) is 0.433. The van der Waals surface area contributed by atoms with Gasteiger partial charge in [0.25, 0.3) is 5.91 Å². The molecule has 2 unspecified atom stereocenters. The molecular weight excluding hydrogens is 298 g/mol. The first-order valence-corrected chi connectivity index (χ1v) is 7.68. The van der Waals surface area contributed by atoms with Crippen molar-refractivity contribution in [3.05, 3.63) is 35.9 Å². The normalized spacial score (nSPS) is 14.6. The first-order chi connectivity index (χ1) is 11.0. The van der Waals surface area contributed by atoms with Crippen molar-refractivity contribution in [1.29, 1.82) is 0 Å². The highest BCUT2D eigenvalue weighted by Crippen LogP contribution is 2.12. The lowest BCUT2D eigenvalue weighted by molar-refractivity contribution is -0.131. The molecule has 0 fully saturated rings. The van der Waals surface area contributed by atoms with Crippen LogP contribution in [0.5, 0.6) is 0 Å². The van der Waals surface area contributed by atoms with Gasteiger partial charge in [0, 0.05) is 0 Å². The summed E-state index contributed by atoms with van der Waals surface area (Å²) in [4.78, 5) is 23.0. The van der Waals surface area contributed by atoms with Crippen LogP contribution >= 0.6 is 0 Å². The van der Waals surface area contributed by atoms with Gasteiger partial charge >= 0.3 is 6.09 Å². The number of carbonyl (C=O) groups is 2. The van der Waals surface area contributed by atoms with Crippen LogP contribution in [0.3, 0.4) is 0 Å². The Labute approximate surface area is 135 Å². The van der Waals surface area contributed by atoms with E-state index in [2.05, 4.69) is 10.6 Å². The maximum atomic E-state index is 12.2. The molecule has 0 bridgehead atoms. The maximum absolute atomic E-state index is 12.2. The Kier molecular flexibility index (Phi) is 8.07. The number of unbranched alkanes of at least 4 members (excludes halogenated alkanes) is 1. The smallest absolute Gasteiger partial charge is 0.404 e. The third-order valence-electron chi connectivity index (χ3n) is 3.59. The van der Waals surface area contributed by atoms with Crippen LogP contribution in [0.2, 0.25) is 0 Å². The molecule has 1 rings (SSSR count). The van der Waals surface area contributed by atoms with Crippen molar-refractivity contribution in [2.24, 2.45) is 5.73 Å². The summed E-state index contributed by atoms with van der Waals surface area (Å²) in [5, 5.41) is 23.9. The molecule has 23 heavy (non-hydrogen) atoms. The predicted octanol–water partition coefficient (Wildman–Crippen LogP) is 0.990. The lowest BCUT2D eigenvalue weighted by Gasteiger charge is -2.24. The molecule has 1 aromatic carbocycles. The van der Waals surface area contributed by atoms with Gasteiger partial charge < -0.3 is 26.6 Å². The van der Waals surface area contributed by atoms with Crippen LogP contribution in [-0.2, 0) is 4.79 Å². The lowest BCUT2D eigenvalue weighted by Crippen LogP contribution is -2.50. The zero-order chi connectivity index (χ0) is 17.2. The van der Waals surface area contributed by atoms with E-state index < -0.39 is 24.1 Å². The molecule has 7 nitrogen and oxygen atoms in total. The highest BCUT2D eigenvalue weighted by molar-refractivity contribution is 5.82. The molecule has 3 atom stereocenters. The number of amides is 2. The van der Waals surface area contributed by atoms with Gasteiger partial charge in [0.05, 0.1) is 12.1 Å². The Hall–Kier alpha value is -2.12. The number of nitrogens with one attached hydrogen (secondary N) is 2. The monoisotopic (exact) mass is 323 g/mol. The average Bonchev–Trinajstić information content (AvgIpc) is 2.53. The molecular formula is C16H25N3O4. The number of nitrogens with two attached hydrogens (primary N) is 1. The number of rotatable bonds is 9.